The molecule has 3 rings (SSSR count). The summed E-state index contributed by atoms with van der Waals surface area (Å²) in [5.41, 5.74) is 0. The molecule has 1 aromatic heterocycles. The zero-order valence-electron chi connectivity index (χ0n) is 12.7. The number of aryl methyl sites for hydroxylation is 2. The summed E-state index contributed by atoms with van der Waals surface area (Å²) in [6.45, 7) is 2.34. The van der Waals surface area contributed by atoms with Crippen LogP contribution in [-0.2, 0) is 11.2 Å². The first-order valence-corrected chi connectivity index (χ1v) is 8.94. The molecule has 0 aliphatic heterocycles. The second-order valence-electron chi connectivity index (χ2n) is 6.64. The van der Waals surface area contributed by atoms with Crippen LogP contribution in [0.4, 0.5) is 0 Å². The molecule has 116 valence electrons. The molecule has 2 aliphatic carbocycles. The normalized spacial score (nSPS) is 30.8. The highest BCUT2D eigenvalue weighted by Crippen LogP contribution is 2.48. The van der Waals surface area contributed by atoms with Crippen molar-refractivity contribution in [3.8, 4) is 0 Å². The van der Waals surface area contributed by atoms with Crippen LogP contribution in [0.25, 0.3) is 0 Å². The van der Waals surface area contributed by atoms with Gasteiger partial charge in [0.1, 0.15) is 0 Å². The van der Waals surface area contributed by atoms with Gasteiger partial charge in [0.15, 0.2) is 0 Å². The van der Waals surface area contributed by atoms with E-state index in [1.54, 1.807) is 0 Å². The van der Waals surface area contributed by atoms with Gasteiger partial charge in [0.25, 0.3) is 0 Å². The SMILES string of the molecule is Cc1ccc(CCCC(=O)NC2C3CCC(C3)C2CO)s1. The van der Waals surface area contributed by atoms with Crippen LogP contribution in [0.1, 0.15) is 41.9 Å². The Morgan fingerprint density at radius 1 is 1.38 bits per heavy atom. The molecule has 0 aromatic carbocycles. The summed E-state index contributed by atoms with van der Waals surface area (Å²) in [7, 11) is 0. The highest BCUT2D eigenvalue weighted by Gasteiger charge is 2.47. The fraction of sp³-hybridized carbons (Fsp3) is 0.706. The molecule has 0 saturated heterocycles. The molecule has 2 saturated carbocycles. The van der Waals surface area contributed by atoms with Crippen molar-refractivity contribution in [2.45, 2.75) is 51.5 Å². The summed E-state index contributed by atoms with van der Waals surface area (Å²) in [5.74, 6) is 1.71. The zero-order chi connectivity index (χ0) is 14.8. The second kappa shape index (κ2) is 6.49. The van der Waals surface area contributed by atoms with Crippen LogP contribution >= 0.6 is 11.3 Å². The molecule has 4 unspecified atom stereocenters. The van der Waals surface area contributed by atoms with Crippen LogP contribution in [0.3, 0.4) is 0 Å². The first-order valence-electron chi connectivity index (χ1n) is 8.13. The molecule has 2 aliphatic rings. The number of rotatable bonds is 6. The summed E-state index contributed by atoms with van der Waals surface area (Å²) >= 11 is 1.82. The average Bonchev–Trinajstić information content (AvgIpc) is 3.15. The van der Waals surface area contributed by atoms with E-state index in [-0.39, 0.29) is 18.6 Å². The smallest absolute Gasteiger partial charge is 0.220 e. The first-order chi connectivity index (χ1) is 10.2. The Balaban J connectivity index is 1.44. The molecule has 2 bridgehead atoms. The molecule has 1 aromatic rings. The number of carbonyl (C=O) groups excluding carboxylic acids is 1. The Morgan fingerprint density at radius 2 is 2.19 bits per heavy atom. The highest BCUT2D eigenvalue weighted by molar-refractivity contribution is 7.11. The van der Waals surface area contributed by atoms with Gasteiger partial charge in [0.05, 0.1) is 0 Å². The van der Waals surface area contributed by atoms with Gasteiger partial charge in [-0.25, -0.2) is 0 Å². The highest BCUT2D eigenvalue weighted by atomic mass is 32.1. The van der Waals surface area contributed by atoms with Crippen molar-refractivity contribution in [1.29, 1.82) is 0 Å². The lowest BCUT2D eigenvalue weighted by Crippen LogP contribution is -2.45. The topological polar surface area (TPSA) is 49.3 Å². The van der Waals surface area contributed by atoms with Gasteiger partial charge in [-0.2, -0.15) is 0 Å². The van der Waals surface area contributed by atoms with Crippen LogP contribution in [0.15, 0.2) is 12.1 Å². The van der Waals surface area contributed by atoms with E-state index >= 15 is 0 Å². The lowest BCUT2D eigenvalue weighted by molar-refractivity contribution is -0.122. The average molecular weight is 307 g/mol. The van der Waals surface area contributed by atoms with Crippen LogP contribution in [0.5, 0.6) is 0 Å². The Hall–Kier alpha value is -0.870. The largest absolute Gasteiger partial charge is 0.396 e. The minimum Gasteiger partial charge on any atom is -0.396 e. The number of hydrogen-bond donors (Lipinski definition) is 2. The van der Waals surface area contributed by atoms with Gasteiger partial charge in [0, 0.05) is 34.7 Å². The van der Waals surface area contributed by atoms with Crippen molar-refractivity contribution in [2.75, 3.05) is 6.61 Å². The van der Waals surface area contributed by atoms with Gasteiger partial charge in [0.2, 0.25) is 5.91 Å². The van der Waals surface area contributed by atoms with Gasteiger partial charge in [-0.15, -0.1) is 11.3 Å². The van der Waals surface area contributed by atoms with Crippen LogP contribution in [0.2, 0.25) is 0 Å². The van der Waals surface area contributed by atoms with E-state index in [4.69, 9.17) is 0 Å². The van der Waals surface area contributed by atoms with Gasteiger partial charge in [-0.3, -0.25) is 4.79 Å². The number of thiophene rings is 1. The van der Waals surface area contributed by atoms with Gasteiger partial charge in [-0.05, 0) is 63.0 Å². The first kappa shape index (κ1) is 15.0. The van der Waals surface area contributed by atoms with Crippen molar-refractivity contribution >= 4 is 17.2 Å². The summed E-state index contributed by atoms with van der Waals surface area (Å²) in [6.07, 6.45) is 6.16. The van der Waals surface area contributed by atoms with E-state index in [0.29, 0.717) is 24.2 Å². The number of amides is 1. The summed E-state index contributed by atoms with van der Waals surface area (Å²) in [6, 6.07) is 4.53. The fourth-order valence-electron chi connectivity index (χ4n) is 4.20. The molecule has 0 spiro atoms. The predicted octanol–water partition coefficient (Wildman–Crippen LogP) is 2.90. The fourth-order valence-corrected chi connectivity index (χ4v) is 5.13. The standard InChI is InChI=1S/C17H25NO2S/c1-11-5-8-14(21-11)3-2-4-16(20)18-17-13-7-6-12(9-13)15(17)10-19/h5,8,12-13,15,17,19H,2-4,6-7,9-10H2,1H3,(H,18,20). The van der Waals surface area contributed by atoms with Crippen molar-refractivity contribution in [3.63, 3.8) is 0 Å². The molecule has 1 heterocycles. The monoisotopic (exact) mass is 307 g/mol. The van der Waals surface area contributed by atoms with Gasteiger partial charge >= 0.3 is 0 Å². The molecule has 4 heteroatoms. The van der Waals surface area contributed by atoms with Crippen LogP contribution in [-0.4, -0.2) is 23.7 Å². The predicted molar refractivity (Wildman–Crippen MR) is 85.3 cm³/mol. The van der Waals surface area contributed by atoms with Crippen molar-refractivity contribution in [3.05, 3.63) is 21.9 Å². The third kappa shape index (κ3) is 3.32. The number of aliphatic hydroxyl groups excluding tert-OH is 1. The van der Waals surface area contributed by atoms with Crippen molar-refractivity contribution < 1.29 is 9.90 Å². The van der Waals surface area contributed by atoms with Crippen molar-refractivity contribution in [2.24, 2.45) is 17.8 Å². The lowest BCUT2D eigenvalue weighted by atomic mass is 9.85. The van der Waals surface area contributed by atoms with Crippen LogP contribution < -0.4 is 5.32 Å². The Bertz CT molecular complexity index is 499. The Labute approximate surface area is 130 Å². The summed E-state index contributed by atoms with van der Waals surface area (Å²) in [4.78, 5) is 14.8. The molecule has 1 amide bonds. The number of hydrogen-bond acceptors (Lipinski definition) is 3. The maximum Gasteiger partial charge on any atom is 0.220 e. The zero-order valence-corrected chi connectivity index (χ0v) is 13.5. The molecule has 21 heavy (non-hydrogen) atoms. The van der Waals surface area contributed by atoms with E-state index in [9.17, 15) is 9.90 Å². The summed E-state index contributed by atoms with van der Waals surface area (Å²) < 4.78 is 0. The molecule has 2 N–H and O–H groups in total. The van der Waals surface area contributed by atoms with Crippen LogP contribution in [0, 0.1) is 24.7 Å². The van der Waals surface area contributed by atoms with Gasteiger partial charge < -0.3 is 10.4 Å². The third-order valence-electron chi connectivity index (χ3n) is 5.25. The maximum atomic E-state index is 12.1. The Morgan fingerprint density at radius 3 is 2.90 bits per heavy atom. The summed E-state index contributed by atoms with van der Waals surface area (Å²) in [5, 5.41) is 12.8. The lowest BCUT2D eigenvalue weighted by Gasteiger charge is -2.30. The molecule has 4 atom stereocenters. The molecular formula is C17H25NO2S. The van der Waals surface area contributed by atoms with E-state index < -0.39 is 0 Å². The van der Waals surface area contributed by atoms with E-state index in [1.165, 1.54) is 29.0 Å². The maximum absolute atomic E-state index is 12.1. The Kier molecular flexibility index (Phi) is 4.65. The second-order valence-corrected chi connectivity index (χ2v) is 8.01. The quantitative estimate of drug-likeness (QED) is 0.849. The minimum absolute atomic E-state index is 0.166. The number of fused-ring (bicyclic) bond motifs is 2. The third-order valence-corrected chi connectivity index (χ3v) is 6.31. The van der Waals surface area contributed by atoms with Gasteiger partial charge in [-0.1, -0.05) is 0 Å². The van der Waals surface area contributed by atoms with E-state index in [2.05, 4.69) is 24.4 Å². The van der Waals surface area contributed by atoms with Crippen molar-refractivity contribution in [1.82, 2.24) is 5.32 Å². The molecule has 3 nitrogen and oxygen atoms in total. The molecule has 0 radical (unpaired) electrons. The molecular weight excluding hydrogens is 282 g/mol. The number of carbonyl (C=O) groups is 1. The van der Waals surface area contributed by atoms with E-state index in [0.717, 1.165) is 12.8 Å². The van der Waals surface area contributed by atoms with E-state index in [1.807, 2.05) is 11.3 Å². The molecule has 2 fully saturated rings. The number of aliphatic hydroxyl groups is 1. The number of nitrogens with one attached hydrogen (secondary N) is 1. The minimum atomic E-state index is 0.166.